The van der Waals surface area contributed by atoms with E-state index in [4.69, 9.17) is 4.42 Å². The standard InChI is InChI=1S/C17H19N3O2S2/c1-3-20(11-14-5-4-10-23-14)16(21)15-7-6-13(22-15)12-24-17-18-8-9-19(17)2/h4-10H,3,11-12H2,1-2H3. The first kappa shape index (κ1) is 16.9. The first-order chi connectivity index (χ1) is 11.7. The normalized spacial score (nSPS) is 10.9. The first-order valence-corrected chi connectivity index (χ1v) is 9.54. The molecule has 0 spiro atoms. The molecule has 0 unspecified atom stereocenters. The van der Waals surface area contributed by atoms with Crippen molar-refractivity contribution in [2.24, 2.45) is 7.05 Å². The van der Waals surface area contributed by atoms with Crippen LogP contribution in [0, 0.1) is 0 Å². The Labute approximate surface area is 149 Å². The Morgan fingerprint density at radius 3 is 2.96 bits per heavy atom. The molecule has 3 rings (SSSR count). The summed E-state index contributed by atoms with van der Waals surface area (Å²) in [4.78, 5) is 19.8. The van der Waals surface area contributed by atoms with E-state index in [2.05, 4.69) is 4.98 Å². The van der Waals surface area contributed by atoms with Gasteiger partial charge in [-0.3, -0.25) is 4.79 Å². The summed E-state index contributed by atoms with van der Waals surface area (Å²) in [5, 5.41) is 2.94. The van der Waals surface area contributed by atoms with Crippen molar-refractivity contribution in [3.05, 3.63) is 58.4 Å². The van der Waals surface area contributed by atoms with Gasteiger partial charge in [-0.05, 0) is 30.5 Å². The average Bonchev–Trinajstić information content (AvgIpc) is 3.32. The molecule has 0 aliphatic carbocycles. The van der Waals surface area contributed by atoms with Crippen molar-refractivity contribution in [2.45, 2.75) is 24.4 Å². The molecular weight excluding hydrogens is 342 g/mol. The number of rotatable bonds is 7. The van der Waals surface area contributed by atoms with E-state index in [1.54, 1.807) is 40.3 Å². The summed E-state index contributed by atoms with van der Waals surface area (Å²) >= 11 is 3.24. The Balaban J connectivity index is 1.63. The predicted molar refractivity (Wildman–Crippen MR) is 96.2 cm³/mol. The van der Waals surface area contributed by atoms with Crippen molar-refractivity contribution in [1.29, 1.82) is 0 Å². The minimum atomic E-state index is -0.0702. The largest absolute Gasteiger partial charge is 0.455 e. The van der Waals surface area contributed by atoms with Gasteiger partial charge in [0.25, 0.3) is 5.91 Å². The zero-order valence-corrected chi connectivity index (χ0v) is 15.3. The quantitative estimate of drug-likeness (QED) is 0.596. The predicted octanol–water partition coefficient (Wildman–Crippen LogP) is 4.03. The van der Waals surface area contributed by atoms with Crippen LogP contribution in [0.15, 0.2) is 51.6 Å². The lowest BCUT2D eigenvalue weighted by Crippen LogP contribution is -2.29. The molecule has 0 aliphatic rings. The number of hydrogen-bond acceptors (Lipinski definition) is 5. The number of furan rings is 1. The van der Waals surface area contributed by atoms with E-state index < -0.39 is 0 Å². The van der Waals surface area contributed by atoms with Crippen molar-refractivity contribution in [1.82, 2.24) is 14.5 Å². The number of thioether (sulfide) groups is 1. The number of carbonyl (C=O) groups excluding carboxylic acids is 1. The molecule has 0 radical (unpaired) electrons. The monoisotopic (exact) mass is 361 g/mol. The second kappa shape index (κ2) is 7.72. The number of thiophene rings is 1. The lowest BCUT2D eigenvalue weighted by molar-refractivity contribution is 0.0720. The second-order valence-corrected chi connectivity index (χ2v) is 7.25. The van der Waals surface area contributed by atoms with Crippen molar-refractivity contribution in [3.63, 3.8) is 0 Å². The Hall–Kier alpha value is -1.99. The van der Waals surface area contributed by atoms with Gasteiger partial charge in [-0.25, -0.2) is 4.98 Å². The van der Waals surface area contributed by atoms with Gasteiger partial charge in [0.2, 0.25) is 0 Å². The molecule has 0 aromatic carbocycles. The molecule has 0 saturated carbocycles. The number of imidazole rings is 1. The highest BCUT2D eigenvalue weighted by molar-refractivity contribution is 7.98. The van der Waals surface area contributed by atoms with Gasteiger partial charge in [0.05, 0.1) is 12.3 Å². The molecule has 7 heteroatoms. The zero-order valence-electron chi connectivity index (χ0n) is 13.6. The maximum Gasteiger partial charge on any atom is 0.289 e. The average molecular weight is 361 g/mol. The van der Waals surface area contributed by atoms with Gasteiger partial charge in [0.15, 0.2) is 10.9 Å². The first-order valence-electron chi connectivity index (χ1n) is 7.68. The van der Waals surface area contributed by atoms with Crippen LogP contribution in [0.4, 0.5) is 0 Å². The molecule has 3 aromatic rings. The Morgan fingerprint density at radius 2 is 2.29 bits per heavy atom. The maximum atomic E-state index is 12.6. The lowest BCUT2D eigenvalue weighted by Gasteiger charge is -2.18. The topological polar surface area (TPSA) is 51.3 Å². The van der Waals surface area contributed by atoms with E-state index in [1.807, 2.05) is 48.3 Å². The van der Waals surface area contributed by atoms with Crippen molar-refractivity contribution >= 4 is 29.0 Å². The van der Waals surface area contributed by atoms with Crippen molar-refractivity contribution in [3.8, 4) is 0 Å². The highest BCUT2D eigenvalue weighted by Gasteiger charge is 2.19. The summed E-state index contributed by atoms with van der Waals surface area (Å²) in [7, 11) is 1.95. The van der Waals surface area contributed by atoms with Crippen LogP contribution < -0.4 is 0 Å². The van der Waals surface area contributed by atoms with Crippen molar-refractivity contribution < 1.29 is 9.21 Å². The molecular formula is C17H19N3O2S2. The second-order valence-electron chi connectivity index (χ2n) is 5.27. The molecule has 0 saturated heterocycles. The fourth-order valence-electron chi connectivity index (χ4n) is 2.27. The maximum absolute atomic E-state index is 12.6. The minimum Gasteiger partial charge on any atom is -0.455 e. The van der Waals surface area contributed by atoms with Crippen LogP contribution in [-0.2, 0) is 19.3 Å². The fourth-order valence-corrected chi connectivity index (χ4v) is 3.82. The molecule has 3 aromatic heterocycles. The highest BCUT2D eigenvalue weighted by atomic mass is 32.2. The van der Waals surface area contributed by atoms with E-state index >= 15 is 0 Å². The number of nitrogens with zero attached hydrogens (tertiary/aromatic N) is 3. The molecule has 5 nitrogen and oxygen atoms in total. The summed E-state index contributed by atoms with van der Waals surface area (Å²) in [6.45, 7) is 3.24. The number of hydrogen-bond donors (Lipinski definition) is 0. The summed E-state index contributed by atoms with van der Waals surface area (Å²) < 4.78 is 7.70. The van der Waals surface area contributed by atoms with Crippen LogP contribution in [0.2, 0.25) is 0 Å². The van der Waals surface area contributed by atoms with Crippen LogP contribution in [0.25, 0.3) is 0 Å². The molecule has 126 valence electrons. The van der Waals surface area contributed by atoms with Crippen LogP contribution in [-0.4, -0.2) is 26.9 Å². The summed E-state index contributed by atoms with van der Waals surface area (Å²) in [5.41, 5.74) is 0. The van der Waals surface area contributed by atoms with E-state index in [-0.39, 0.29) is 5.91 Å². The van der Waals surface area contributed by atoms with Gasteiger partial charge in [0.1, 0.15) is 5.76 Å². The third-order valence-corrected chi connectivity index (χ3v) is 5.53. The van der Waals surface area contributed by atoms with E-state index in [1.165, 1.54) is 4.88 Å². The highest BCUT2D eigenvalue weighted by Crippen LogP contribution is 2.23. The zero-order chi connectivity index (χ0) is 16.9. The number of aryl methyl sites for hydroxylation is 1. The van der Waals surface area contributed by atoms with Gasteiger partial charge in [-0.15, -0.1) is 11.3 Å². The molecule has 0 N–H and O–H groups in total. The van der Waals surface area contributed by atoms with Gasteiger partial charge >= 0.3 is 0 Å². The lowest BCUT2D eigenvalue weighted by atomic mass is 10.3. The number of carbonyl (C=O) groups is 1. The van der Waals surface area contributed by atoms with Crippen LogP contribution >= 0.6 is 23.1 Å². The molecule has 0 atom stereocenters. The Kier molecular flexibility index (Phi) is 5.42. The number of amides is 1. The van der Waals surface area contributed by atoms with Crippen molar-refractivity contribution in [2.75, 3.05) is 6.54 Å². The van der Waals surface area contributed by atoms with Gasteiger partial charge < -0.3 is 13.9 Å². The summed E-state index contributed by atoms with van der Waals surface area (Å²) in [5.74, 6) is 1.75. The van der Waals surface area contributed by atoms with Crippen LogP contribution in [0.1, 0.15) is 28.1 Å². The fraction of sp³-hybridized carbons (Fsp3) is 0.294. The Bertz CT molecular complexity index is 792. The molecule has 0 bridgehead atoms. The summed E-state index contributed by atoms with van der Waals surface area (Å²) in [6.07, 6.45) is 3.67. The van der Waals surface area contributed by atoms with Gasteiger partial charge in [-0.1, -0.05) is 17.8 Å². The minimum absolute atomic E-state index is 0.0702. The smallest absolute Gasteiger partial charge is 0.289 e. The third-order valence-electron chi connectivity index (χ3n) is 3.59. The SMILES string of the molecule is CCN(Cc1cccs1)C(=O)c1ccc(CSc2nccn2C)o1. The Morgan fingerprint density at radius 1 is 1.42 bits per heavy atom. The number of aromatic nitrogens is 2. The molecule has 0 fully saturated rings. The van der Waals surface area contributed by atoms with Crippen LogP contribution in [0.3, 0.4) is 0 Å². The molecule has 0 aliphatic heterocycles. The molecule has 24 heavy (non-hydrogen) atoms. The third kappa shape index (κ3) is 3.91. The van der Waals surface area contributed by atoms with E-state index in [9.17, 15) is 4.79 Å². The van der Waals surface area contributed by atoms with Gasteiger partial charge in [-0.2, -0.15) is 0 Å². The van der Waals surface area contributed by atoms with E-state index in [0.29, 0.717) is 24.6 Å². The van der Waals surface area contributed by atoms with Crippen LogP contribution in [0.5, 0.6) is 0 Å². The summed E-state index contributed by atoms with van der Waals surface area (Å²) in [6, 6.07) is 7.66. The van der Waals surface area contributed by atoms with Gasteiger partial charge in [0, 0.05) is 30.9 Å². The molecule has 3 heterocycles. The van der Waals surface area contributed by atoms with E-state index in [0.717, 1.165) is 10.9 Å². The molecule has 1 amide bonds.